The van der Waals surface area contributed by atoms with E-state index in [1.807, 2.05) is 0 Å². The lowest BCUT2D eigenvalue weighted by Crippen LogP contribution is -2.00. The molecule has 0 saturated carbocycles. The van der Waals surface area contributed by atoms with Crippen LogP contribution < -0.4 is 4.72 Å². The van der Waals surface area contributed by atoms with Crippen LogP contribution in [0.15, 0.2) is 6.20 Å². The van der Waals surface area contributed by atoms with Crippen molar-refractivity contribution in [1.29, 1.82) is 0 Å². The SMILES string of the molecule is O=S([O-])Nc1ncc(Cl)s1. The predicted molar refractivity (Wildman–Crippen MR) is 39.7 cm³/mol. The Balaban J connectivity index is 2.67. The minimum Gasteiger partial charge on any atom is -0.755 e. The third-order valence-electron chi connectivity index (χ3n) is 0.648. The van der Waals surface area contributed by atoms with Crippen molar-refractivity contribution in [3.05, 3.63) is 10.5 Å². The molecule has 10 heavy (non-hydrogen) atoms. The number of halogens is 1. The summed E-state index contributed by atoms with van der Waals surface area (Å²) in [6.07, 6.45) is 1.38. The van der Waals surface area contributed by atoms with Crippen molar-refractivity contribution < 1.29 is 8.76 Å². The van der Waals surface area contributed by atoms with Crippen LogP contribution in [-0.4, -0.2) is 13.7 Å². The van der Waals surface area contributed by atoms with Gasteiger partial charge >= 0.3 is 0 Å². The summed E-state index contributed by atoms with van der Waals surface area (Å²) >= 11 is 4.21. The van der Waals surface area contributed by atoms with Crippen LogP contribution in [0.5, 0.6) is 0 Å². The monoisotopic (exact) mass is 197 g/mol. The normalized spacial score (nSPS) is 13.0. The van der Waals surface area contributed by atoms with Crippen LogP contribution >= 0.6 is 22.9 Å². The summed E-state index contributed by atoms with van der Waals surface area (Å²) in [5, 5.41) is 0.276. The Morgan fingerprint density at radius 2 is 2.60 bits per heavy atom. The fourth-order valence-electron chi connectivity index (χ4n) is 0.373. The zero-order valence-electron chi connectivity index (χ0n) is 4.54. The highest BCUT2D eigenvalue weighted by Gasteiger charge is 1.96. The van der Waals surface area contributed by atoms with E-state index in [9.17, 15) is 8.76 Å². The summed E-state index contributed by atoms with van der Waals surface area (Å²) in [6.45, 7) is 0. The highest BCUT2D eigenvalue weighted by molar-refractivity contribution is 7.80. The molecular weight excluding hydrogens is 196 g/mol. The topological polar surface area (TPSA) is 65.0 Å². The van der Waals surface area contributed by atoms with Gasteiger partial charge < -0.3 is 4.55 Å². The lowest BCUT2D eigenvalue weighted by Gasteiger charge is -2.02. The lowest BCUT2D eigenvalue weighted by molar-refractivity contribution is 0.542. The summed E-state index contributed by atoms with van der Waals surface area (Å²) in [5.74, 6) is 0. The molecule has 0 aliphatic carbocycles. The van der Waals surface area contributed by atoms with Gasteiger partial charge in [0.1, 0.15) is 4.34 Å². The molecule has 0 aliphatic rings. The molecule has 0 aromatic carbocycles. The number of nitrogens with zero attached hydrogens (tertiary/aromatic N) is 1. The standard InChI is InChI=1S/C3H3ClN2O2S2/c4-2-1-5-3(9-2)6-10(7)8/h1H,(H,5,6)(H,7,8)/p-1. The second-order valence-electron chi connectivity index (χ2n) is 1.31. The molecule has 1 N–H and O–H groups in total. The van der Waals surface area contributed by atoms with E-state index in [1.165, 1.54) is 6.20 Å². The summed E-state index contributed by atoms with van der Waals surface area (Å²) in [6, 6.07) is 0. The van der Waals surface area contributed by atoms with Crippen molar-refractivity contribution in [2.75, 3.05) is 4.72 Å². The zero-order chi connectivity index (χ0) is 7.56. The maximum atomic E-state index is 9.99. The molecular formula is C3H2ClN2O2S2-. The van der Waals surface area contributed by atoms with E-state index in [4.69, 9.17) is 11.6 Å². The van der Waals surface area contributed by atoms with Gasteiger partial charge in [-0.05, 0) is 0 Å². The molecule has 0 spiro atoms. The number of anilines is 1. The Morgan fingerprint density at radius 1 is 1.90 bits per heavy atom. The van der Waals surface area contributed by atoms with Crippen LogP contribution in [0.25, 0.3) is 0 Å². The first kappa shape index (κ1) is 7.93. The van der Waals surface area contributed by atoms with Gasteiger partial charge in [-0.25, -0.2) is 4.98 Å². The number of aromatic nitrogens is 1. The van der Waals surface area contributed by atoms with Gasteiger partial charge in [0.05, 0.1) is 6.20 Å². The van der Waals surface area contributed by atoms with Gasteiger partial charge in [-0.3, -0.25) is 8.93 Å². The first-order valence-electron chi connectivity index (χ1n) is 2.16. The predicted octanol–water partition coefficient (Wildman–Crippen LogP) is 1.00. The van der Waals surface area contributed by atoms with Gasteiger partial charge in [0, 0.05) is 11.3 Å². The second kappa shape index (κ2) is 3.29. The van der Waals surface area contributed by atoms with Crippen molar-refractivity contribution in [2.45, 2.75) is 0 Å². The Labute approximate surface area is 68.7 Å². The van der Waals surface area contributed by atoms with Gasteiger partial charge in [-0.2, -0.15) is 0 Å². The number of hydrogen-bond donors (Lipinski definition) is 1. The smallest absolute Gasteiger partial charge is 0.195 e. The number of nitrogens with one attached hydrogen (secondary N) is 1. The number of thiazole rings is 1. The molecule has 4 nitrogen and oxygen atoms in total. The Hall–Kier alpha value is -0.170. The van der Waals surface area contributed by atoms with Gasteiger partial charge in [0.15, 0.2) is 5.13 Å². The average Bonchev–Trinajstić information content (AvgIpc) is 2.13. The summed E-state index contributed by atoms with van der Waals surface area (Å²) in [4.78, 5) is 3.64. The van der Waals surface area contributed by atoms with E-state index >= 15 is 0 Å². The van der Waals surface area contributed by atoms with Crippen molar-refractivity contribution in [3.8, 4) is 0 Å². The highest BCUT2D eigenvalue weighted by Crippen LogP contribution is 2.22. The van der Waals surface area contributed by atoms with Gasteiger partial charge in [-0.1, -0.05) is 22.9 Å². The van der Waals surface area contributed by atoms with E-state index in [0.717, 1.165) is 11.3 Å². The fraction of sp³-hybridized carbons (Fsp3) is 0. The van der Waals surface area contributed by atoms with E-state index in [-0.39, 0.29) is 5.13 Å². The molecule has 0 saturated heterocycles. The van der Waals surface area contributed by atoms with E-state index in [2.05, 4.69) is 9.71 Å². The second-order valence-corrected chi connectivity index (χ2v) is 3.64. The highest BCUT2D eigenvalue weighted by atomic mass is 35.5. The van der Waals surface area contributed by atoms with Crippen LogP contribution in [0.4, 0.5) is 5.13 Å². The maximum absolute atomic E-state index is 9.99. The summed E-state index contributed by atoms with van der Waals surface area (Å²) in [5.41, 5.74) is 0. The maximum Gasteiger partial charge on any atom is 0.195 e. The molecule has 1 rings (SSSR count). The molecule has 1 heterocycles. The Bertz CT molecular complexity index is 250. The van der Waals surface area contributed by atoms with E-state index < -0.39 is 11.3 Å². The van der Waals surface area contributed by atoms with Gasteiger partial charge in [0.25, 0.3) is 0 Å². The molecule has 0 aliphatic heterocycles. The molecule has 1 aromatic rings. The van der Waals surface area contributed by atoms with Crippen LogP contribution in [0, 0.1) is 0 Å². The fourth-order valence-corrected chi connectivity index (χ4v) is 1.60. The first-order chi connectivity index (χ1) is 4.68. The van der Waals surface area contributed by atoms with Crippen LogP contribution in [-0.2, 0) is 11.3 Å². The minimum absolute atomic E-state index is 0.276. The number of hydrogen-bond acceptors (Lipinski definition) is 4. The summed E-state index contributed by atoms with van der Waals surface area (Å²) in [7, 11) is 0. The molecule has 1 aromatic heterocycles. The third kappa shape index (κ3) is 2.22. The third-order valence-corrected chi connectivity index (χ3v) is 2.17. The van der Waals surface area contributed by atoms with E-state index in [0.29, 0.717) is 4.34 Å². The molecule has 0 bridgehead atoms. The van der Waals surface area contributed by atoms with Crippen LogP contribution in [0.3, 0.4) is 0 Å². The average molecular weight is 198 g/mol. The van der Waals surface area contributed by atoms with Gasteiger partial charge in [0.2, 0.25) is 0 Å². The zero-order valence-corrected chi connectivity index (χ0v) is 6.92. The van der Waals surface area contributed by atoms with Crippen molar-refractivity contribution in [2.24, 2.45) is 0 Å². The Morgan fingerprint density at radius 3 is 3.00 bits per heavy atom. The lowest BCUT2D eigenvalue weighted by atomic mass is 11.0. The van der Waals surface area contributed by atoms with Crippen LogP contribution in [0.2, 0.25) is 4.34 Å². The summed E-state index contributed by atoms with van der Waals surface area (Å²) < 4.78 is 22.5. The van der Waals surface area contributed by atoms with Crippen LogP contribution in [0.1, 0.15) is 0 Å². The van der Waals surface area contributed by atoms with Crippen molar-refractivity contribution >= 4 is 39.3 Å². The minimum atomic E-state index is -2.31. The molecule has 56 valence electrons. The van der Waals surface area contributed by atoms with Crippen molar-refractivity contribution in [3.63, 3.8) is 0 Å². The van der Waals surface area contributed by atoms with E-state index in [1.54, 1.807) is 0 Å². The quantitative estimate of drug-likeness (QED) is 0.720. The molecule has 1 atom stereocenters. The largest absolute Gasteiger partial charge is 0.755 e. The van der Waals surface area contributed by atoms with Crippen molar-refractivity contribution in [1.82, 2.24) is 4.98 Å². The molecule has 1 unspecified atom stereocenters. The number of rotatable bonds is 2. The van der Waals surface area contributed by atoms with Gasteiger partial charge in [-0.15, -0.1) is 0 Å². The Kier molecular flexibility index (Phi) is 2.61. The first-order valence-corrected chi connectivity index (χ1v) is 4.42. The molecule has 0 fully saturated rings. The molecule has 0 radical (unpaired) electrons. The molecule has 7 heteroatoms. The molecule has 0 amide bonds.